The molecule has 1 saturated carbocycles. The Labute approximate surface area is 123 Å². The van der Waals surface area contributed by atoms with Crippen LogP contribution in [0.3, 0.4) is 0 Å². The molecule has 2 heterocycles. The quantitative estimate of drug-likeness (QED) is 0.842. The molecule has 3 fully saturated rings. The Morgan fingerprint density at radius 1 is 1.10 bits per heavy atom. The topological polar surface area (TPSA) is 32.3 Å². The number of nitrogens with zero attached hydrogens (tertiary/aromatic N) is 1. The molecule has 3 nitrogen and oxygen atoms in total. The van der Waals surface area contributed by atoms with Gasteiger partial charge < -0.3 is 10.2 Å². The molecule has 0 radical (unpaired) electrons. The van der Waals surface area contributed by atoms with Gasteiger partial charge in [-0.3, -0.25) is 4.79 Å². The lowest BCUT2D eigenvalue weighted by molar-refractivity contribution is -0.137. The molecular formula is C17H30N2O. The van der Waals surface area contributed by atoms with Gasteiger partial charge in [-0.1, -0.05) is 19.8 Å². The minimum atomic E-state index is 0.101. The van der Waals surface area contributed by atoms with Gasteiger partial charge >= 0.3 is 0 Å². The van der Waals surface area contributed by atoms with Gasteiger partial charge in [0.1, 0.15) is 0 Å². The van der Waals surface area contributed by atoms with E-state index in [0.29, 0.717) is 24.0 Å². The molecule has 3 heteroatoms. The standard InChI is InChI=1S/C17H30N2O/c1-3-14-10-8-12(2)19(14)17(20)16-11-9-13-6-4-5-7-15(13)18-16/h12-16,18H,3-11H2,1-2H3. The molecule has 3 aliphatic rings. The number of rotatable bonds is 2. The van der Waals surface area contributed by atoms with Crippen LogP contribution in [0.1, 0.15) is 71.6 Å². The van der Waals surface area contributed by atoms with Crippen LogP contribution >= 0.6 is 0 Å². The summed E-state index contributed by atoms with van der Waals surface area (Å²) in [6, 6.07) is 1.65. The molecule has 0 aromatic carbocycles. The number of carbonyl (C=O) groups excluding carboxylic acids is 1. The van der Waals surface area contributed by atoms with Crippen LogP contribution in [-0.2, 0) is 4.79 Å². The van der Waals surface area contributed by atoms with Gasteiger partial charge in [0.25, 0.3) is 0 Å². The van der Waals surface area contributed by atoms with Crippen LogP contribution in [0.5, 0.6) is 0 Å². The third-order valence-corrected chi connectivity index (χ3v) is 5.96. The zero-order chi connectivity index (χ0) is 14.1. The van der Waals surface area contributed by atoms with Gasteiger partial charge in [0.2, 0.25) is 5.91 Å². The fourth-order valence-corrected chi connectivity index (χ4v) is 4.74. The van der Waals surface area contributed by atoms with E-state index in [1.165, 1.54) is 44.9 Å². The molecule has 1 amide bonds. The van der Waals surface area contributed by atoms with E-state index in [4.69, 9.17) is 0 Å². The van der Waals surface area contributed by atoms with E-state index in [-0.39, 0.29) is 6.04 Å². The number of carbonyl (C=O) groups is 1. The van der Waals surface area contributed by atoms with Crippen LogP contribution in [0.4, 0.5) is 0 Å². The molecule has 2 saturated heterocycles. The average Bonchev–Trinajstić information content (AvgIpc) is 2.87. The first-order valence-corrected chi connectivity index (χ1v) is 8.79. The van der Waals surface area contributed by atoms with Gasteiger partial charge in [-0.15, -0.1) is 0 Å². The molecule has 114 valence electrons. The molecule has 3 rings (SSSR count). The lowest BCUT2D eigenvalue weighted by Crippen LogP contribution is -2.57. The fourth-order valence-electron chi connectivity index (χ4n) is 4.74. The Kier molecular flexibility index (Phi) is 4.34. The highest BCUT2D eigenvalue weighted by Gasteiger charge is 2.40. The van der Waals surface area contributed by atoms with Crippen molar-refractivity contribution >= 4 is 5.91 Å². The maximum absolute atomic E-state index is 12.9. The average molecular weight is 278 g/mol. The summed E-state index contributed by atoms with van der Waals surface area (Å²) >= 11 is 0. The molecular weight excluding hydrogens is 248 g/mol. The van der Waals surface area contributed by atoms with Crippen LogP contribution in [0.25, 0.3) is 0 Å². The number of hydrogen-bond donors (Lipinski definition) is 1. The van der Waals surface area contributed by atoms with Crippen molar-refractivity contribution in [1.82, 2.24) is 10.2 Å². The number of fused-ring (bicyclic) bond motifs is 1. The third kappa shape index (κ3) is 2.61. The lowest BCUT2D eigenvalue weighted by atomic mass is 9.77. The number of piperidine rings is 1. The summed E-state index contributed by atoms with van der Waals surface area (Å²) in [4.78, 5) is 15.1. The lowest BCUT2D eigenvalue weighted by Gasteiger charge is -2.42. The molecule has 0 bridgehead atoms. The maximum atomic E-state index is 12.9. The monoisotopic (exact) mass is 278 g/mol. The Bertz CT molecular complexity index is 357. The number of likely N-dealkylation sites (tertiary alicyclic amines) is 1. The first-order valence-electron chi connectivity index (χ1n) is 8.79. The second-order valence-electron chi connectivity index (χ2n) is 7.18. The van der Waals surface area contributed by atoms with E-state index in [1.54, 1.807) is 0 Å². The second kappa shape index (κ2) is 6.05. The van der Waals surface area contributed by atoms with E-state index < -0.39 is 0 Å². The zero-order valence-electron chi connectivity index (χ0n) is 13.1. The normalized spacial score (nSPS) is 41.5. The van der Waals surface area contributed by atoms with Crippen molar-refractivity contribution in [2.45, 2.75) is 95.8 Å². The fraction of sp³-hybridized carbons (Fsp3) is 0.941. The molecule has 0 aromatic rings. The minimum absolute atomic E-state index is 0.101. The number of hydrogen-bond acceptors (Lipinski definition) is 2. The molecule has 5 unspecified atom stereocenters. The predicted molar refractivity (Wildman–Crippen MR) is 81.5 cm³/mol. The van der Waals surface area contributed by atoms with Crippen molar-refractivity contribution in [2.24, 2.45) is 5.92 Å². The number of amides is 1. The molecule has 1 aliphatic carbocycles. The first-order chi connectivity index (χ1) is 9.70. The van der Waals surface area contributed by atoms with Crippen molar-refractivity contribution in [3.8, 4) is 0 Å². The SMILES string of the molecule is CCC1CCC(C)N1C(=O)C1CCC2CCCCC2N1. The smallest absolute Gasteiger partial charge is 0.240 e. The molecule has 20 heavy (non-hydrogen) atoms. The summed E-state index contributed by atoms with van der Waals surface area (Å²) < 4.78 is 0. The van der Waals surface area contributed by atoms with Gasteiger partial charge in [0.15, 0.2) is 0 Å². The highest BCUT2D eigenvalue weighted by molar-refractivity contribution is 5.83. The second-order valence-corrected chi connectivity index (χ2v) is 7.18. The van der Waals surface area contributed by atoms with Crippen LogP contribution in [-0.4, -0.2) is 35.0 Å². The van der Waals surface area contributed by atoms with E-state index in [2.05, 4.69) is 24.1 Å². The van der Waals surface area contributed by atoms with Gasteiger partial charge in [-0.2, -0.15) is 0 Å². The summed E-state index contributed by atoms with van der Waals surface area (Å²) in [5, 5.41) is 3.71. The predicted octanol–water partition coefficient (Wildman–Crippen LogP) is 3.09. The van der Waals surface area contributed by atoms with Crippen molar-refractivity contribution in [2.75, 3.05) is 0 Å². The van der Waals surface area contributed by atoms with Crippen LogP contribution < -0.4 is 5.32 Å². The third-order valence-electron chi connectivity index (χ3n) is 5.96. The highest BCUT2D eigenvalue weighted by Crippen LogP contribution is 2.34. The molecule has 0 aromatic heterocycles. The highest BCUT2D eigenvalue weighted by atomic mass is 16.2. The molecule has 0 spiro atoms. The Morgan fingerprint density at radius 2 is 1.90 bits per heavy atom. The Balaban J connectivity index is 1.65. The van der Waals surface area contributed by atoms with Gasteiger partial charge in [0.05, 0.1) is 6.04 Å². The molecule has 1 N–H and O–H groups in total. The van der Waals surface area contributed by atoms with Crippen LogP contribution in [0.2, 0.25) is 0 Å². The van der Waals surface area contributed by atoms with E-state index >= 15 is 0 Å². The van der Waals surface area contributed by atoms with E-state index in [0.717, 1.165) is 18.8 Å². The van der Waals surface area contributed by atoms with Crippen molar-refractivity contribution in [1.29, 1.82) is 0 Å². The van der Waals surface area contributed by atoms with Crippen LogP contribution in [0, 0.1) is 5.92 Å². The molecule has 2 aliphatic heterocycles. The first kappa shape index (κ1) is 14.4. The number of nitrogens with one attached hydrogen (secondary N) is 1. The van der Waals surface area contributed by atoms with E-state index in [1.807, 2.05) is 0 Å². The summed E-state index contributed by atoms with van der Waals surface area (Å²) in [7, 11) is 0. The summed E-state index contributed by atoms with van der Waals surface area (Å²) in [6.07, 6.45) is 11.2. The van der Waals surface area contributed by atoms with Crippen molar-refractivity contribution < 1.29 is 4.79 Å². The summed E-state index contributed by atoms with van der Waals surface area (Å²) in [5.74, 6) is 1.23. The van der Waals surface area contributed by atoms with Gasteiger partial charge in [-0.25, -0.2) is 0 Å². The zero-order valence-corrected chi connectivity index (χ0v) is 13.1. The van der Waals surface area contributed by atoms with Gasteiger partial charge in [-0.05, 0) is 57.8 Å². The largest absolute Gasteiger partial charge is 0.336 e. The van der Waals surface area contributed by atoms with E-state index in [9.17, 15) is 4.79 Å². The molecule has 5 atom stereocenters. The van der Waals surface area contributed by atoms with Crippen LogP contribution in [0.15, 0.2) is 0 Å². The Hall–Kier alpha value is -0.570. The summed E-state index contributed by atoms with van der Waals surface area (Å²) in [6.45, 7) is 4.44. The minimum Gasteiger partial charge on any atom is -0.336 e. The van der Waals surface area contributed by atoms with Gasteiger partial charge in [0, 0.05) is 18.1 Å². The maximum Gasteiger partial charge on any atom is 0.240 e. The summed E-state index contributed by atoms with van der Waals surface area (Å²) in [5.41, 5.74) is 0. The van der Waals surface area contributed by atoms with Crippen molar-refractivity contribution in [3.05, 3.63) is 0 Å². The van der Waals surface area contributed by atoms with Crippen molar-refractivity contribution in [3.63, 3.8) is 0 Å². The Morgan fingerprint density at radius 3 is 2.70 bits per heavy atom.